The molecule has 1 aliphatic rings. The van der Waals surface area contributed by atoms with Gasteiger partial charge in [0.2, 0.25) is 5.91 Å². The summed E-state index contributed by atoms with van der Waals surface area (Å²) < 4.78 is 30.7. The first-order valence-electron chi connectivity index (χ1n) is 8.37. The van der Waals surface area contributed by atoms with E-state index in [0.717, 1.165) is 12.8 Å². The van der Waals surface area contributed by atoms with Crippen LogP contribution in [0.5, 0.6) is 5.75 Å². The number of ether oxygens (including phenoxy) is 1. The molecule has 1 aromatic carbocycles. The number of rotatable bonds is 6. The van der Waals surface area contributed by atoms with Crippen LogP contribution in [0.15, 0.2) is 18.2 Å². The zero-order valence-corrected chi connectivity index (χ0v) is 15.3. The number of halogens is 1. The molecule has 6 heteroatoms. The molecule has 0 aliphatic heterocycles. The molecule has 4 unspecified atom stereocenters. The predicted octanol–water partition coefficient (Wildman–Crippen LogP) is 3.02. The fourth-order valence-electron chi connectivity index (χ4n) is 3.22. The van der Waals surface area contributed by atoms with E-state index in [1.807, 2.05) is 0 Å². The molecule has 134 valence electrons. The van der Waals surface area contributed by atoms with Crippen molar-refractivity contribution < 1.29 is 18.1 Å². The highest BCUT2D eigenvalue weighted by Gasteiger charge is 2.28. The largest absolute Gasteiger partial charge is 0.494 e. The fourth-order valence-corrected chi connectivity index (χ4v) is 4.25. The van der Waals surface area contributed by atoms with Crippen molar-refractivity contribution in [2.45, 2.75) is 44.9 Å². The molecule has 0 bridgehead atoms. The molecule has 1 aromatic rings. The molecule has 1 fully saturated rings. The Morgan fingerprint density at radius 2 is 2.12 bits per heavy atom. The zero-order chi connectivity index (χ0) is 17.7. The maximum absolute atomic E-state index is 13.6. The first kappa shape index (κ1) is 18.9. The van der Waals surface area contributed by atoms with Crippen LogP contribution in [0.4, 0.5) is 4.39 Å². The van der Waals surface area contributed by atoms with Gasteiger partial charge in [-0.05, 0) is 36.0 Å². The molecule has 0 radical (unpaired) electrons. The van der Waals surface area contributed by atoms with Crippen LogP contribution in [0.2, 0.25) is 0 Å². The third-order valence-electron chi connectivity index (χ3n) is 4.89. The Morgan fingerprint density at radius 3 is 2.79 bits per heavy atom. The normalized spacial score (nSPS) is 25.1. The molecule has 24 heavy (non-hydrogen) atoms. The molecular weight excluding hydrogens is 329 g/mol. The predicted molar refractivity (Wildman–Crippen MR) is 93.8 cm³/mol. The molecule has 4 nitrogen and oxygen atoms in total. The van der Waals surface area contributed by atoms with Gasteiger partial charge in [0.05, 0.1) is 7.11 Å². The van der Waals surface area contributed by atoms with Crippen molar-refractivity contribution >= 4 is 16.7 Å². The van der Waals surface area contributed by atoms with E-state index in [9.17, 15) is 13.4 Å². The van der Waals surface area contributed by atoms with Crippen molar-refractivity contribution in [2.75, 3.05) is 12.9 Å². The third-order valence-corrected chi connectivity index (χ3v) is 6.13. The Hall–Kier alpha value is -1.43. The van der Waals surface area contributed by atoms with Crippen molar-refractivity contribution in [3.05, 3.63) is 29.6 Å². The number of carbonyl (C=O) groups excluding carboxylic acids is 1. The van der Waals surface area contributed by atoms with Gasteiger partial charge in [0, 0.05) is 22.6 Å². The lowest BCUT2D eigenvalue weighted by atomic mass is 9.78. The van der Waals surface area contributed by atoms with Crippen molar-refractivity contribution in [1.29, 1.82) is 0 Å². The molecule has 0 aromatic heterocycles. The molecule has 4 atom stereocenters. The summed E-state index contributed by atoms with van der Waals surface area (Å²) in [5.74, 6) is 0.622. The minimum Gasteiger partial charge on any atom is -0.494 e. The van der Waals surface area contributed by atoms with E-state index >= 15 is 0 Å². The highest BCUT2D eigenvalue weighted by atomic mass is 32.2. The average Bonchev–Trinajstić information content (AvgIpc) is 2.52. The van der Waals surface area contributed by atoms with Gasteiger partial charge < -0.3 is 10.1 Å². The Balaban J connectivity index is 1.85. The van der Waals surface area contributed by atoms with Gasteiger partial charge in [0.1, 0.15) is 5.75 Å². The summed E-state index contributed by atoms with van der Waals surface area (Å²) in [6.45, 7) is 4.37. The smallest absolute Gasteiger partial charge is 0.232 e. The summed E-state index contributed by atoms with van der Waals surface area (Å²) in [6, 6.07) is 4.64. The van der Waals surface area contributed by atoms with Crippen LogP contribution in [0.3, 0.4) is 0 Å². The van der Waals surface area contributed by atoms with Gasteiger partial charge in [-0.1, -0.05) is 32.8 Å². The van der Waals surface area contributed by atoms with E-state index in [0.29, 0.717) is 17.4 Å². The maximum Gasteiger partial charge on any atom is 0.232 e. The van der Waals surface area contributed by atoms with Gasteiger partial charge >= 0.3 is 0 Å². The summed E-state index contributed by atoms with van der Waals surface area (Å²) >= 11 is 0. The second kappa shape index (κ2) is 8.60. The molecule has 0 spiro atoms. The average molecular weight is 355 g/mol. The number of benzene rings is 1. The lowest BCUT2D eigenvalue weighted by Crippen LogP contribution is -2.45. The highest BCUT2D eigenvalue weighted by Crippen LogP contribution is 2.29. The van der Waals surface area contributed by atoms with Gasteiger partial charge in [-0.25, -0.2) is 4.39 Å². The Labute approximate surface area is 145 Å². The Bertz CT molecular complexity index is 608. The first-order chi connectivity index (χ1) is 11.4. The van der Waals surface area contributed by atoms with Gasteiger partial charge in [0.15, 0.2) is 11.6 Å². The lowest BCUT2D eigenvalue weighted by molar-refractivity contribution is -0.120. The SMILES string of the molecule is COc1ccc(CS(=O)CC(=O)NC2CCCC(C)C2C)cc1F. The summed E-state index contributed by atoms with van der Waals surface area (Å²) in [5.41, 5.74) is 0.596. The van der Waals surface area contributed by atoms with Crippen LogP contribution in [-0.4, -0.2) is 29.0 Å². The number of nitrogens with one attached hydrogen (secondary N) is 1. The zero-order valence-electron chi connectivity index (χ0n) is 14.5. The molecule has 1 amide bonds. The lowest BCUT2D eigenvalue weighted by Gasteiger charge is -2.34. The minimum absolute atomic E-state index is 0.0503. The van der Waals surface area contributed by atoms with E-state index in [4.69, 9.17) is 4.74 Å². The summed E-state index contributed by atoms with van der Waals surface area (Å²) in [4.78, 5) is 12.1. The molecule has 0 saturated heterocycles. The maximum atomic E-state index is 13.6. The second-order valence-corrected chi connectivity index (χ2v) is 8.10. The summed E-state index contributed by atoms with van der Waals surface area (Å²) in [5, 5.41) is 3.02. The van der Waals surface area contributed by atoms with Crippen LogP contribution in [0.25, 0.3) is 0 Å². The summed E-state index contributed by atoms with van der Waals surface area (Å²) in [6.07, 6.45) is 3.29. The van der Waals surface area contributed by atoms with E-state index in [-0.39, 0.29) is 29.2 Å². The Morgan fingerprint density at radius 1 is 1.38 bits per heavy atom. The quantitative estimate of drug-likeness (QED) is 0.853. The molecule has 1 aliphatic carbocycles. The van der Waals surface area contributed by atoms with Crippen molar-refractivity contribution in [1.82, 2.24) is 5.32 Å². The van der Waals surface area contributed by atoms with Crippen LogP contribution in [0.1, 0.15) is 38.7 Å². The summed E-state index contributed by atoms with van der Waals surface area (Å²) in [7, 11) is 0.0348. The van der Waals surface area contributed by atoms with E-state index in [1.54, 1.807) is 6.07 Å². The number of carbonyl (C=O) groups is 1. The molecule has 0 heterocycles. The van der Waals surface area contributed by atoms with E-state index in [1.165, 1.54) is 25.7 Å². The molecular formula is C18H26FNO3S. The number of amides is 1. The number of methoxy groups -OCH3 is 1. The van der Waals surface area contributed by atoms with Gasteiger partial charge in [-0.2, -0.15) is 0 Å². The van der Waals surface area contributed by atoms with Crippen LogP contribution >= 0.6 is 0 Å². The number of hydrogen-bond acceptors (Lipinski definition) is 3. The standard InChI is InChI=1S/C18H26FNO3S/c1-12-5-4-6-16(13(12)2)20-18(21)11-24(22)10-14-7-8-17(23-3)15(19)9-14/h7-9,12-13,16H,4-6,10-11H2,1-3H3,(H,20,21). The van der Waals surface area contributed by atoms with Gasteiger partial charge in [-0.3, -0.25) is 9.00 Å². The topological polar surface area (TPSA) is 55.4 Å². The monoisotopic (exact) mass is 355 g/mol. The second-order valence-electron chi connectivity index (χ2n) is 6.64. The van der Waals surface area contributed by atoms with Gasteiger partial charge in [0.25, 0.3) is 0 Å². The highest BCUT2D eigenvalue weighted by molar-refractivity contribution is 7.84. The van der Waals surface area contributed by atoms with Crippen LogP contribution in [-0.2, 0) is 21.3 Å². The number of hydrogen-bond donors (Lipinski definition) is 1. The third kappa shape index (κ3) is 5.03. The Kier molecular flexibility index (Phi) is 6.78. The van der Waals surface area contributed by atoms with E-state index in [2.05, 4.69) is 19.2 Å². The molecule has 1 saturated carbocycles. The van der Waals surface area contributed by atoms with Gasteiger partial charge in [-0.15, -0.1) is 0 Å². The van der Waals surface area contributed by atoms with Crippen molar-refractivity contribution in [2.24, 2.45) is 11.8 Å². The van der Waals surface area contributed by atoms with Crippen LogP contribution < -0.4 is 10.1 Å². The minimum atomic E-state index is -1.36. The molecule has 2 rings (SSSR count). The van der Waals surface area contributed by atoms with E-state index < -0.39 is 16.6 Å². The van der Waals surface area contributed by atoms with Crippen molar-refractivity contribution in [3.8, 4) is 5.75 Å². The molecule has 1 N–H and O–H groups in total. The van der Waals surface area contributed by atoms with Crippen LogP contribution in [0, 0.1) is 17.7 Å². The first-order valence-corrected chi connectivity index (χ1v) is 9.86. The van der Waals surface area contributed by atoms with Crippen molar-refractivity contribution in [3.63, 3.8) is 0 Å². The fraction of sp³-hybridized carbons (Fsp3) is 0.611.